The lowest BCUT2D eigenvalue weighted by Crippen LogP contribution is -2.40. The number of esters is 1. The minimum Gasteiger partial charge on any atom is -0.469 e. The van der Waals surface area contributed by atoms with E-state index < -0.39 is 26.0 Å². The molecule has 0 spiro atoms. The quantitative estimate of drug-likeness (QED) is 0.420. The van der Waals surface area contributed by atoms with Crippen LogP contribution in [0.3, 0.4) is 0 Å². The fourth-order valence-electron chi connectivity index (χ4n) is 1.12. The molecule has 0 aromatic heterocycles. The molecule has 0 radical (unpaired) electrons. The van der Waals surface area contributed by atoms with E-state index >= 15 is 0 Å². The molecule has 0 bridgehead atoms. The second-order valence-corrected chi connectivity index (χ2v) is 8.15. The third-order valence-corrected chi connectivity index (χ3v) is 4.85. The van der Waals surface area contributed by atoms with Crippen LogP contribution >= 0.6 is 0 Å². The minimum absolute atomic E-state index is 0.00587. The summed E-state index contributed by atoms with van der Waals surface area (Å²) in [4.78, 5) is 10.9. The third kappa shape index (κ3) is 8.92. The number of carbonyl (C=O) groups excluding carboxylic acids is 1. The number of rotatable bonds is 9. The van der Waals surface area contributed by atoms with Crippen molar-refractivity contribution in [2.45, 2.75) is 12.8 Å². The van der Waals surface area contributed by atoms with Gasteiger partial charge in [-0.05, 0) is 6.42 Å². The van der Waals surface area contributed by atoms with Crippen molar-refractivity contribution in [2.24, 2.45) is 0 Å². The summed E-state index contributed by atoms with van der Waals surface area (Å²) in [5.74, 6) is -0.583. The van der Waals surface area contributed by atoms with Gasteiger partial charge in [0.1, 0.15) is 9.84 Å². The van der Waals surface area contributed by atoms with Crippen LogP contribution in [-0.2, 0) is 29.6 Å². The molecule has 0 amide bonds. The first kappa shape index (κ1) is 18.3. The van der Waals surface area contributed by atoms with Crippen molar-refractivity contribution in [3.63, 3.8) is 0 Å². The molecule has 10 heteroatoms. The van der Waals surface area contributed by atoms with E-state index in [9.17, 15) is 21.6 Å². The number of hydrogen-bond donors (Lipinski definition) is 1. The van der Waals surface area contributed by atoms with Crippen molar-refractivity contribution >= 4 is 26.0 Å². The van der Waals surface area contributed by atoms with Crippen molar-refractivity contribution in [1.82, 2.24) is 9.03 Å². The Balaban J connectivity index is 4.13. The molecule has 0 aromatic rings. The van der Waals surface area contributed by atoms with Crippen LogP contribution in [0.5, 0.6) is 0 Å². The maximum atomic E-state index is 11.7. The maximum absolute atomic E-state index is 11.7. The van der Waals surface area contributed by atoms with E-state index in [0.717, 1.165) is 10.6 Å². The SMILES string of the molecule is COC(=O)CCN(C)S(=O)(=O)NCCCS(C)(=O)=O. The number of carbonyl (C=O) groups is 1. The molecule has 0 aliphatic heterocycles. The Morgan fingerprint density at radius 3 is 2.32 bits per heavy atom. The highest BCUT2D eigenvalue weighted by Gasteiger charge is 2.18. The van der Waals surface area contributed by atoms with Gasteiger partial charge in [0, 0.05) is 26.4 Å². The Bertz CT molecular complexity index is 485. The van der Waals surface area contributed by atoms with Gasteiger partial charge in [0.25, 0.3) is 10.2 Å². The van der Waals surface area contributed by atoms with Gasteiger partial charge in [0.15, 0.2) is 0 Å². The summed E-state index contributed by atoms with van der Waals surface area (Å²) in [5, 5.41) is 0. The zero-order valence-electron chi connectivity index (χ0n) is 11.2. The number of methoxy groups -OCH3 is 1. The Labute approximate surface area is 114 Å². The van der Waals surface area contributed by atoms with Gasteiger partial charge in [-0.25, -0.2) is 13.1 Å². The van der Waals surface area contributed by atoms with E-state index in [1.54, 1.807) is 0 Å². The first-order chi connectivity index (χ1) is 8.58. The minimum atomic E-state index is -3.70. The Kier molecular flexibility index (Phi) is 7.49. The van der Waals surface area contributed by atoms with Crippen LogP contribution in [0, 0.1) is 0 Å². The van der Waals surface area contributed by atoms with Gasteiger partial charge in [-0.15, -0.1) is 0 Å². The zero-order valence-corrected chi connectivity index (χ0v) is 12.9. The average Bonchev–Trinajstić information content (AvgIpc) is 2.29. The number of sulfone groups is 1. The van der Waals surface area contributed by atoms with Gasteiger partial charge in [0.05, 0.1) is 19.3 Å². The predicted molar refractivity (Wildman–Crippen MR) is 70.5 cm³/mol. The normalized spacial score (nSPS) is 12.6. The van der Waals surface area contributed by atoms with Gasteiger partial charge in [0.2, 0.25) is 0 Å². The fraction of sp³-hybridized carbons (Fsp3) is 0.889. The molecule has 0 fully saturated rings. The maximum Gasteiger partial charge on any atom is 0.306 e. The summed E-state index contributed by atoms with van der Waals surface area (Å²) < 4.78 is 52.7. The van der Waals surface area contributed by atoms with Crippen LogP contribution in [0.25, 0.3) is 0 Å². The Morgan fingerprint density at radius 1 is 1.26 bits per heavy atom. The third-order valence-electron chi connectivity index (χ3n) is 2.25. The molecule has 1 N–H and O–H groups in total. The molecule has 114 valence electrons. The van der Waals surface area contributed by atoms with E-state index in [0.29, 0.717) is 0 Å². The molecule has 0 aromatic carbocycles. The first-order valence-electron chi connectivity index (χ1n) is 5.54. The monoisotopic (exact) mass is 316 g/mol. The molecule has 0 unspecified atom stereocenters. The number of ether oxygens (including phenoxy) is 1. The predicted octanol–water partition coefficient (Wildman–Crippen LogP) is -1.25. The molecule has 8 nitrogen and oxygen atoms in total. The van der Waals surface area contributed by atoms with Crippen LogP contribution in [0.4, 0.5) is 0 Å². The average molecular weight is 316 g/mol. The van der Waals surface area contributed by atoms with E-state index in [1.807, 2.05) is 0 Å². The molecule has 0 aliphatic carbocycles. The summed E-state index contributed by atoms with van der Waals surface area (Å²) in [5.41, 5.74) is 0. The van der Waals surface area contributed by atoms with Gasteiger partial charge in [-0.1, -0.05) is 0 Å². The van der Waals surface area contributed by atoms with Crippen molar-refractivity contribution in [1.29, 1.82) is 0 Å². The van der Waals surface area contributed by atoms with Crippen molar-refractivity contribution in [3.8, 4) is 0 Å². The van der Waals surface area contributed by atoms with E-state index in [4.69, 9.17) is 0 Å². The highest BCUT2D eigenvalue weighted by atomic mass is 32.2. The van der Waals surface area contributed by atoms with Gasteiger partial charge in [-0.3, -0.25) is 4.79 Å². The Hall–Kier alpha value is -0.710. The molecule has 0 rings (SSSR count). The summed E-state index contributed by atoms with van der Waals surface area (Å²) in [6.07, 6.45) is 1.24. The number of hydrogen-bond acceptors (Lipinski definition) is 6. The molecule has 0 aliphatic rings. The summed E-state index contributed by atoms with van der Waals surface area (Å²) in [6, 6.07) is 0. The molecule has 0 saturated heterocycles. The lowest BCUT2D eigenvalue weighted by Gasteiger charge is -2.16. The van der Waals surface area contributed by atoms with E-state index in [2.05, 4.69) is 9.46 Å². The van der Waals surface area contributed by atoms with Crippen molar-refractivity contribution in [3.05, 3.63) is 0 Å². The van der Waals surface area contributed by atoms with Gasteiger partial charge < -0.3 is 4.74 Å². The molecule has 0 atom stereocenters. The van der Waals surface area contributed by atoms with Crippen LogP contribution in [0.2, 0.25) is 0 Å². The lowest BCUT2D eigenvalue weighted by molar-refractivity contribution is -0.140. The summed E-state index contributed by atoms with van der Waals surface area (Å²) in [6.45, 7) is 0.0199. The van der Waals surface area contributed by atoms with Crippen LogP contribution < -0.4 is 4.72 Å². The van der Waals surface area contributed by atoms with E-state index in [-0.39, 0.29) is 31.7 Å². The topological polar surface area (TPSA) is 110 Å². The molecule has 19 heavy (non-hydrogen) atoms. The second kappa shape index (κ2) is 7.78. The summed E-state index contributed by atoms with van der Waals surface area (Å²) in [7, 11) is -4.25. The smallest absolute Gasteiger partial charge is 0.306 e. The van der Waals surface area contributed by atoms with Gasteiger partial charge in [-0.2, -0.15) is 12.7 Å². The molecular formula is C9H20N2O6S2. The summed E-state index contributed by atoms with van der Waals surface area (Å²) >= 11 is 0. The van der Waals surface area contributed by atoms with Crippen LogP contribution in [0.1, 0.15) is 12.8 Å². The van der Waals surface area contributed by atoms with Gasteiger partial charge >= 0.3 is 5.97 Å². The highest BCUT2D eigenvalue weighted by molar-refractivity contribution is 7.90. The number of nitrogens with one attached hydrogen (secondary N) is 1. The lowest BCUT2D eigenvalue weighted by atomic mass is 10.4. The standard InChI is InChI=1S/C9H20N2O6S2/c1-11(7-5-9(12)17-2)19(15,16)10-6-4-8-18(3,13)14/h10H,4-8H2,1-3H3. The highest BCUT2D eigenvalue weighted by Crippen LogP contribution is 1.97. The Morgan fingerprint density at radius 2 is 1.84 bits per heavy atom. The number of nitrogens with zero attached hydrogens (tertiary/aromatic N) is 1. The second-order valence-electron chi connectivity index (χ2n) is 4.03. The van der Waals surface area contributed by atoms with Crippen molar-refractivity contribution in [2.75, 3.05) is 39.3 Å². The van der Waals surface area contributed by atoms with Crippen molar-refractivity contribution < 1.29 is 26.4 Å². The van der Waals surface area contributed by atoms with Crippen LogP contribution in [-0.4, -0.2) is 66.4 Å². The molecule has 0 saturated carbocycles. The largest absolute Gasteiger partial charge is 0.469 e. The first-order valence-corrected chi connectivity index (χ1v) is 9.04. The zero-order chi connectivity index (χ0) is 15.1. The molecule has 0 heterocycles. The molecular weight excluding hydrogens is 296 g/mol. The van der Waals surface area contributed by atoms with E-state index in [1.165, 1.54) is 14.2 Å². The van der Waals surface area contributed by atoms with Crippen LogP contribution in [0.15, 0.2) is 0 Å². The fourth-order valence-corrected chi connectivity index (χ4v) is 2.74.